The van der Waals surface area contributed by atoms with Crippen molar-refractivity contribution in [1.29, 1.82) is 0 Å². The first-order valence-corrected chi connectivity index (χ1v) is 9.31. The predicted octanol–water partition coefficient (Wildman–Crippen LogP) is 3.49. The van der Waals surface area contributed by atoms with Crippen molar-refractivity contribution in [3.8, 4) is 0 Å². The van der Waals surface area contributed by atoms with E-state index in [9.17, 15) is 14.4 Å². The number of carbonyl (C=O) groups is 3. The average molecular weight is 401 g/mol. The second-order valence-corrected chi connectivity index (χ2v) is 7.24. The molecule has 0 spiro atoms. The summed E-state index contributed by atoms with van der Waals surface area (Å²) in [5, 5.41) is 3.17. The zero-order chi connectivity index (χ0) is 20.3. The van der Waals surface area contributed by atoms with Gasteiger partial charge in [-0.2, -0.15) is 0 Å². The van der Waals surface area contributed by atoms with Crippen molar-refractivity contribution in [2.24, 2.45) is 5.92 Å². The standard InChI is InChI=1S/C21H21ClN2O4/c1-13-7-8-16(22)10-17(13)23-19(25)12-28-21(27)15-9-20(26)24(11-15)18-6-4-3-5-14(18)2/h3-8,10,15H,9,11-12H2,1-2H3,(H,23,25)/t15-/m0/s1. The Bertz CT molecular complexity index is 928. The molecule has 28 heavy (non-hydrogen) atoms. The maximum absolute atomic E-state index is 12.3. The van der Waals surface area contributed by atoms with E-state index in [0.29, 0.717) is 10.7 Å². The number of halogens is 1. The Morgan fingerprint density at radius 3 is 2.68 bits per heavy atom. The molecule has 1 fully saturated rings. The highest BCUT2D eigenvalue weighted by molar-refractivity contribution is 6.31. The summed E-state index contributed by atoms with van der Waals surface area (Å²) in [7, 11) is 0. The van der Waals surface area contributed by atoms with Gasteiger partial charge < -0.3 is 15.0 Å². The van der Waals surface area contributed by atoms with Gasteiger partial charge >= 0.3 is 5.97 Å². The molecule has 2 amide bonds. The van der Waals surface area contributed by atoms with E-state index < -0.39 is 24.4 Å². The second kappa shape index (κ2) is 8.44. The van der Waals surface area contributed by atoms with Gasteiger partial charge in [0.25, 0.3) is 5.91 Å². The van der Waals surface area contributed by atoms with Gasteiger partial charge in [0.1, 0.15) is 0 Å². The molecule has 1 atom stereocenters. The molecule has 0 aromatic heterocycles. The third-order valence-corrected chi connectivity index (χ3v) is 4.92. The van der Waals surface area contributed by atoms with Crippen LogP contribution in [0.5, 0.6) is 0 Å². The number of hydrogen-bond acceptors (Lipinski definition) is 4. The number of ether oxygens (including phenoxy) is 1. The van der Waals surface area contributed by atoms with Crippen molar-refractivity contribution >= 4 is 40.8 Å². The molecule has 1 heterocycles. The lowest BCUT2D eigenvalue weighted by molar-refractivity contribution is -0.151. The van der Waals surface area contributed by atoms with Crippen LogP contribution in [0, 0.1) is 19.8 Å². The average Bonchev–Trinajstić information content (AvgIpc) is 3.05. The summed E-state index contributed by atoms with van der Waals surface area (Å²) in [6.07, 6.45) is 0.0716. The quantitative estimate of drug-likeness (QED) is 0.779. The van der Waals surface area contributed by atoms with Gasteiger partial charge in [-0.25, -0.2) is 0 Å². The molecule has 0 unspecified atom stereocenters. The minimum atomic E-state index is -0.590. The Morgan fingerprint density at radius 2 is 1.93 bits per heavy atom. The largest absolute Gasteiger partial charge is 0.455 e. The first-order chi connectivity index (χ1) is 13.3. The summed E-state index contributed by atoms with van der Waals surface area (Å²) >= 11 is 5.93. The number of para-hydroxylation sites is 1. The van der Waals surface area contributed by atoms with Crippen LogP contribution in [0.4, 0.5) is 11.4 Å². The van der Waals surface area contributed by atoms with Crippen LogP contribution < -0.4 is 10.2 Å². The first-order valence-electron chi connectivity index (χ1n) is 8.94. The van der Waals surface area contributed by atoms with Gasteiger partial charge in [-0.1, -0.05) is 35.9 Å². The smallest absolute Gasteiger partial charge is 0.311 e. The fourth-order valence-corrected chi connectivity index (χ4v) is 3.31. The zero-order valence-corrected chi connectivity index (χ0v) is 16.5. The van der Waals surface area contributed by atoms with Crippen LogP contribution in [0.3, 0.4) is 0 Å². The molecule has 3 rings (SSSR count). The molecule has 6 nitrogen and oxygen atoms in total. The van der Waals surface area contributed by atoms with E-state index in [2.05, 4.69) is 5.32 Å². The van der Waals surface area contributed by atoms with Crippen molar-refractivity contribution < 1.29 is 19.1 Å². The summed E-state index contributed by atoms with van der Waals surface area (Å²) in [6.45, 7) is 3.58. The van der Waals surface area contributed by atoms with Gasteiger partial charge in [0.15, 0.2) is 6.61 Å². The summed E-state index contributed by atoms with van der Waals surface area (Å²) < 4.78 is 5.13. The number of rotatable bonds is 5. The number of esters is 1. The molecule has 2 aromatic carbocycles. The van der Waals surface area contributed by atoms with Crippen LogP contribution in [-0.4, -0.2) is 30.9 Å². The van der Waals surface area contributed by atoms with Gasteiger partial charge in [-0.15, -0.1) is 0 Å². The lowest BCUT2D eigenvalue weighted by Crippen LogP contribution is -2.28. The Kier molecular flexibility index (Phi) is 5.99. The van der Waals surface area contributed by atoms with E-state index in [1.807, 2.05) is 38.1 Å². The Balaban J connectivity index is 1.55. The third-order valence-electron chi connectivity index (χ3n) is 4.68. The molecule has 146 valence electrons. The number of nitrogens with zero attached hydrogens (tertiary/aromatic N) is 1. The summed E-state index contributed by atoms with van der Waals surface area (Å²) in [6, 6.07) is 12.7. The first kappa shape index (κ1) is 19.9. The monoisotopic (exact) mass is 400 g/mol. The van der Waals surface area contributed by atoms with Crippen LogP contribution in [0.15, 0.2) is 42.5 Å². The van der Waals surface area contributed by atoms with Gasteiger partial charge in [0, 0.05) is 29.4 Å². The normalized spacial score (nSPS) is 16.2. The summed E-state index contributed by atoms with van der Waals surface area (Å²) in [4.78, 5) is 38.3. The maximum Gasteiger partial charge on any atom is 0.311 e. The van der Waals surface area contributed by atoms with Crippen LogP contribution in [-0.2, 0) is 19.1 Å². The molecule has 7 heteroatoms. The predicted molar refractivity (Wildman–Crippen MR) is 107 cm³/mol. The Labute approximate surface area is 168 Å². The SMILES string of the molecule is Cc1ccc(Cl)cc1NC(=O)COC(=O)[C@H]1CC(=O)N(c2ccccc2C)C1. The highest BCUT2D eigenvalue weighted by Gasteiger charge is 2.36. The van der Waals surface area contributed by atoms with Crippen molar-refractivity contribution in [3.63, 3.8) is 0 Å². The minimum Gasteiger partial charge on any atom is -0.455 e. The number of benzene rings is 2. The van der Waals surface area contributed by atoms with Crippen molar-refractivity contribution in [3.05, 3.63) is 58.6 Å². The molecule has 0 aliphatic carbocycles. The van der Waals surface area contributed by atoms with E-state index >= 15 is 0 Å². The zero-order valence-electron chi connectivity index (χ0n) is 15.7. The molecule has 0 bridgehead atoms. The number of anilines is 2. The fraction of sp³-hybridized carbons (Fsp3) is 0.286. The Hall–Kier alpha value is -2.86. The van der Waals surface area contributed by atoms with E-state index in [1.54, 1.807) is 23.1 Å². The molecule has 2 aromatic rings. The van der Waals surface area contributed by atoms with Crippen LogP contribution in [0.25, 0.3) is 0 Å². The van der Waals surface area contributed by atoms with Gasteiger partial charge in [0.05, 0.1) is 5.92 Å². The Morgan fingerprint density at radius 1 is 1.18 bits per heavy atom. The molecule has 1 aliphatic rings. The lowest BCUT2D eigenvalue weighted by atomic mass is 10.1. The van der Waals surface area contributed by atoms with Crippen molar-refractivity contribution in [2.75, 3.05) is 23.4 Å². The molecule has 0 saturated carbocycles. The molecular weight excluding hydrogens is 380 g/mol. The van der Waals surface area contributed by atoms with Crippen LogP contribution in [0.1, 0.15) is 17.5 Å². The topological polar surface area (TPSA) is 75.7 Å². The molecule has 1 saturated heterocycles. The van der Waals surface area contributed by atoms with Crippen LogP contribution in [0.2, 0.25) is 5.02 Å². The highest BCUT2D eigenvalue weighted by atomic mass is 35.5. The number of carbonyl (C=O) groups excluding carboxylic acids is 3. The number of aryl methyl sites for hydroxylation is 2. The van der Waals surface area contributed by atoms with E-state index in [0.717, 1.165) is 16.8 Å². The second-order valence-electron chi connectivity index (χ2n) is 6.81. The van der Waals surface area contributed by atoms with Crippen molar-refractivity contribution in [1.82, 2.24) is 0 Å². The molecule has 1 N–H and O–H groups in total. The lowest BCUT2D eigenvalue weighted by Gasteiger charge is -2.18. The number of amides is 2. The highest BCUT2D eigenvalue weighted by Crippen LogP contribution is 2.28. The molecule has 0 radical (unpaired) electrons. The minimum absolute atomic E-state index is 0.0716. The van der Waals surface area contributed by atoms with E-state index in [4.69, 9.17) is 16.3 Å². The maximum atomic E-state index is 12.3. The number of nitrogens with one attached hydrogen (secondary N) is 1. The van der Waals surface area contributed by atoms with Crippen molar-refractivity contribution in [2.45, 2.75) is 20.3 Å². The van der Waals surface area contributed by atoms with Gasteiger partial charge in [0.2, 0.25) is 5.91 Å². The summed E-state index contributed by atoms with van der Waals surface area (Å²) in [5.41, 5.74) is 3.16. The third kappa shape index (κ3) is 4.51. The van der Waals surface area contributed by atoms with E-state index in [-0.39, 0.29) is 18.9 Å². The molecule has 1 aliphatic heterocycles. The molecular formula is C21H21ClN2O4. The summed E-state index contributed by atoms with van der Waals surface area (Å²) in [5.74, 6) is -1.73. The van der Waals surface area contributed by atoms with E-state index in [1.165, 1.54) is 0 Å². The van der Waals surface area contributed by atoms with Gasteiger partial charge in [-0.3, -0.25) is 14.4 Å². The van der Waals surface area contributed by atoms with Crippen LogP contribution >= 0.6 is 11.6 Å². The fourth-order valence-electron chi connectivity index (χ4n) is 3.13. The van der Waals surface area contributed by atoms with Gasteiger partial charge in [-0.05, 0) is 43.2 Å². The number of hydrogen-bond donors (Lipinski definition) is 1.